The van der Waals surface area contributed by atoms with E-state index in [0.29, 0.717) is 12.3 Å². The fourth-order valence-electron chi connectivity index (χ4n) is 1.23. The topological polar surface area (TPSA) is 93.3 Å². The first-order valence-corrected chi connectivity index (χ1v) is 4.14. The number of nitrogens with zero attached hydrogens (tertiary/aromatic N) is 2. The first-order chi connectivity index (χ1) is 7.73. The van der Waals surface area contributed by atoms with Crippen molar-refractivity contribution in [1.82, 2.24) is 4.98 Å². The molecule has 0 saturated heterocycles. The highest BCUT2D eigenvalue weighted by Gasteiger charge is 2.38. The van der Waals surface area contributed by atoms with Gasteiger partial charge in [0.2, 0.25) is 0 Å². The quantitative estimate of drug-likeness (QED) is 0.650. The normalized spacial score (nSPS) is 11.2. The second kappa shape index (κ2) is 4.36. The van der Waals surface area contributed by atoms with Crippen molar-refractivity contribution < 1.29 is 28.0 Å². The monoisotopic (exact) mass is 250 g/mol. The summed E-state index contributed by atoms with van der Waals surface area (Å²) in [5.41, 5.74) is -2.31. The van der Waals surface area contributed by atoms with E-state index in [-0.39, 0.29) is 0 Å². The molecule has 0 aliphatic rings. The van der Waals surface area contributed by atoms with E-state index >= 15 is 0 Å². The van der Waals surface area contributed by atoms with Gasteiger partial charge in [0.1, 0.15) is 6.20 Å². The van der Waals surface area contributed by atoms with Crippen molar-refractivity contribution in [1.29, 1.82) is 0 Å². The van der Waals surface area contributed by atoms with Gasteiger partial charge in [-0.1, -0.05) is 0 Å². The number of alkyl halides is 3. The van der Waals surface area contributed by atoms with Crippen LogP contribution in [0.1, 0.15) is 11.1 Å². The maximum atomic E-state index is 12.5. The number of carboxylic acids is 1. The number of aliphatic carboxylic acids is 1. The van der Waals surface area contributed by atoms with Crippen molar-refractivity contribution in [2.75, 3.05) is 0 Å². The highest BCUT2D eigenvalue weighted by molar-refractivity contribution is 5.72. The number of halogens is 3. The predicted octanol–water partition coefficient (Wildman–Crippen LogP) is 1.64. The second-order valence-electron chi connectivity index (χ2n) is 2.99. The molecule has 0 atom stereocenters. The Bertz CT molecular complexity index is 472. The number of carbonyl (C=O) groups is 1. The predicted molar refractivity (Wildman–Crippen MR) is 47.2 cm³/mol. The number of carboxylic acid groups (broad SMARTS) is 1. The minimum atomic E-state index is -4.86. The van der Waals surface area contributed by atoms with Crippen LogP contribution in [-0.2, 0) is 17.4 Å². The highest BCUT2D eigenvalue weighted by Crippen LogP contribution is 2.34. The van der Waals surface area contributed by atoms with Crippen molar-refractivity contribution in [2.45, 2.75) is 12.6 Å². The molecule has 9 heteroatoms. The third kappa shape index (κ3) is 2.89. The van der Waals surface area contributed by atoms with Gasteiger partial charge in [-0.3, -0.25) is 4.79 Å². The van der Waals surface area contributed by atoms with Crippen molar-refractivity contribution in [3.05, 3.63) is 33.5 Å². The minimum absolute atomic E-state index is 0.505. The zero-order chi connectivity index (χ0) is 13.2. The zero-order valence-electron chi connectivity index (χ0n) is 8.06. The Morgan fingerprint density at radius 1 is 1.53 bits per heavy atom. The SMILES string of the molecule is O=C(O)Cc1c(C(F)(F)F)ccnc1[N+](=O)[O-]. The van der Waals surface area contributed by atoms with E-state index in [1.807, 2.05) is 0 Å². The Labute approximate surface area is 91.9 Å². The van der Waals surface area contributed by atoms with Crippen LogP contribution in [0, 0.1) is 10.1 Å². The number of pyridine rings is 1. The fraction of sp³-hybridized carbons (Fsp3) is 0.250. The summed E-state index contributed by atoms with van der Waals surface area (Å²) in [5, 5.41) is 18.9. The third-order valence-corrected chi connectivity index (χ3v) is 1.84. The lowest BCUT2D eigenvalue weighted by molar-refractivity contribution is -0.390. The molecule has 1 aromatic rings. The van der Waals surface area contributed by atoms with Crippen LogP contribution in [0.15, 0.2) is 12.3 Å². The van der Waals surface area contributed by atoms with Crippen LogP contribution in [0.3, 0.4) is 0 Å². The molecule has 1 heterocycles. The maximum Gasteiger partial charge on any atom is 0.417 e. The van der Waals surface area contributed by atoms with Gasteiger partial charge in [0, 0.05) is 0 Å². The first kappa shape index (κ1) is 12.9. The molecule has 17 heavy (non-hydrogen) atoms. The Morgan fingerprint density at radius 2 is 2.12 bits per heavy atom. The molecule has 0 saturated carbocycles. The molecule has 92 valence electrons. The van der Waals surface area contributed by atoms with Gasteiger partial charge in [0.15, 0.2) is 0 Å². The molecular weight excluding hydrogens is 245 g/mol. The van der Waals surface area contributed by atoms with E-state index in [0.717, 1.165) is 0 Å². The number of hydrogen-bond donors (Lipinski definition) is 1. The lowest BCUT2D eigenvalue weighted by atomic mass is 10.1. The summed E-state index contributed by atoms with van der Waals surface area (Å²) in [5.74, 6) is -2.70. The molecule has 0 aromatic carbocycles. The number of rotatable bonds is 3. The van der Waals surface area contributed by atoms with Gasteiger partial charge in [-0.15, -0.1) is 0 Å². The van der Waals surface area contributed by atoms with Crippen molar-refractivity contribution in [2.24, 2.45) is 0 Å². The molecule has 0 aliphatic heterocycles. The average Bonchev–Trinajstić information content (AvgIpc) is 2.14. The van der Waals surface area contributed by atoms with Gasteiger partial charge in [0.05, 0.1) is 17.5 Å². The van der Waals surface area contributed by atoms with E-state index in [4.69, 9.17) is 5.11 Å². The van der Waals surface area contributed by atoms with E-state index in [2.05, 4.69) is 4.98 Å². The number of hydrogen-bond acceptors (Lipinski definition) is 4. The van der Waals surface area contributed by atoms with E-state index in [1.54, 1.807) is 0 Å². The second-order valence-corrected chi connectivity index (χ2v) is 2.99. The third-order valence-electron chi connectivity index (χ3n) is 1.84. The van der Waals surface area contributed by atoms with Crippen LogP contribution in [-0.4, -0.2) is 21.0 Å². The Balaban J connectivity index is 3.45. The van der Waals surface area contributed by atoms with Crippen LogP contribution in [0.4, 0.5) is 19.0 Å². The largest absolute Gasteiger partial charge is 0.481 e. The first-order valence-electron chi connectivity index (χ1n) is 4.14. The molecular formula is C8H5F3N2O4. The molecule has 0 amide bonds. The van der Waals surface area contributed by atoms with Crippen molar-refractivity contribution in [3.63, 3.8) is 0 Å². The number of aromatic nitrogens is 1. The van der Waals surface area contributed by atoms with Crippen molar-refractivity contribution >= 4 is 11.8 Å². The maximum absolute atomic E-state index is 12.5. The molecule has 0 fully saturated rings. The lowest BCUT2D eigenvalue weighted by Crippen LogP contribution is -2.15. The summed E-state index contributed by atoms with van der Waals surface area (Å²) in [4.78, 5) is 22.9. The van der Waals surface area contributed by atoms with Gasteiger partial charge < -0.3 is 15.2 Å². The summed E-state index contributed by atoms with van der Waals surface area (Å²) in [6.45, 7) is 0. The molecule has 6 nitrogen and oxygen atoms in total. The average molecular weight is 250 g/mol. The molecule has 1 aromatic heterocycles. The lowest BCUT2D eigenvalue weighted by Gasteiger charge is -2.10. The Kier molecular flexibility index (Phi) is 3.30. The number of nitro groups is 1. The molecule has 0 spiro atoms. The van der Waals surface area contributed by atoms with Gasteiger partial charge in [-0.05, 0) is 16.0 Å². The summed E-state index contributed by atoms with van der Waals surface area (Å²) in [6.07, 6.45) is -5.36. The van der Waals surface area contributed by atoms with Crippen LogP contribution < -0.4 is 0 Å². The van der Waals surface area contributed by atoms with Gasteiger partial charge in [-0.25, -0.2) is 0 Å². The summed E-state index contributed by atoms with van der Waals surface area (Å²) >= 11 is 0. The van der Waals surface area contributed by atoms with Crippen LogP contribution in [0.2, 0.25) is 0 Å². The standard InChI is InChI=1S/C8H5F3N2O4/c9-8(10,11)5-1-2-12-7(13(16)17)4(5)3-6(14)15/h1-2H,3H2,(H,14,15). The molecule has 1 N–H and O–H groups in total. The van der Waals surface area contributed by atoms with Crippen molar-refractivity contribution in [3.8, 4) is 0 Å². The van der Waals surface area contributed by atoms with E-state index in [9.17, 15) is 28.1 Å². The van der Waals surface area contributed by atoms with Crippen LogP contribution in [0.25, 0.3) is 0 Å². The van der Waals surface area contributed by atoms with E-state index < -0.39 is 40.4 Å². The zero-order valence-corrected chi connectivity index (χ0v) is 8.06. The van der Waals surface area contributed by atoms with Gasteiger partial charge in [-0.2, -0.15) is 13.2 Å². The highest BCUT2D eigenvalue weighted by atomic mass is 19.4. The van der Waals surface area contributed by atoms with Crippen LogP contribution >= 0.6 is 0 Å². The Hall–Kier alpha value is -2.19. The summed E-state index contributed by atoms with van der Waals surface area (Å²) < 4.78 is 37.5. The van der Waals surface area contributed by atoms with Gasteiger partial charge >= 0.3 is 18.0 Å². The molecule has 0 aliphatic carbocycles. The minimum Gasteiger partial charge on any atom is -0.481 e. The Morgan fingerprint density at radius 3 is 2.53 bits per heavy atom. The smallest absolute Gasteiger partial charge is 0.417 e. The van der Waals surface area contributed by atoms with Crippen LogP contribution in [0.5, 0.6) is 0 Å². The molecule has 0 bridgehead atoms. The van der Waals surface area contributed by atoms with Gasteiger partial charge in [0.25, 0.3) is 0 Å². The fourth-order valence-corrected chi connectivity index (χ4v) is 1.23. The molecule has 0 radical (unpaired) electrons. The molecule has 0 unspecified atom stereocenters. The molecule has 1 rings (SSSR count). The van der Waals surface area contributed by atoms with E-state index in [1.165, 1.54) is 0 Å². The summed E-state index contributed by atoms with van der Waals surface area (Å²) in [7, 11) is 0. The summed E-state index contributed by atoms with van der Waals surface area (Å²) in [6, 6.07) is 0.505.